The van der Waals surface area contributed by atoms with Crippen molar-refractivity contribution in [3.63, 3.8) is 0 Å². The first-order valence-electron chi connectivity index (χ1n) is 8.74. The Balaban J connectivity index is 1.59. The maximum atomic E-state index is 12.8. The average Bonchev–Trinajstić information content (AvgIpc) is 3.35. The minimum Gasteiger partial charge on any atom is -0.361 e. The van der Waals surface area contributed by atoms with Gasteiger partial charge >= 0.3 is 0 Å². The molecule has 4 rings (SSSR count). The Morgan fingerprint density at radius 1 is 1.27 bits per heavy atom. The van der Waals surface area contributed by atoms with Crippen LogP contribution in [0.5, 0.6) is 0 Å². The smallest absolute Gasteiger partial charge is 0.274 e. The van der Waals surface area contributed by atoms with Crippen molar-refractivity contribution < 1.29 is 9.32 Å². The molecule has 1 saturated heterocycles. The quantitative estimate of drug-likeness (QED) is 0.725. The van der Waals surface area contributed by atoms with E-state index in [0.29, 0.717) is 5.69 Å². The van der Waals surface area contributed by atoms with Gasteiger partial charge in [0.25, 0.3) is 5.91 Å². The van der Waals surface area contributed by atoms with Crippen LogP contribution in [0.4, 0.5) is 0 Å². The van der Waals surface area contributed by atoms with Crippen LogP contribution in [-0.4, -0.2) is 37.3 Å². The van der Waals surface area contributed by atoms with Gasteiger partial charge in [0.2, 0.25) is 0 Å². The van der Waals surface area contributed by atoms with Crippen LogP contribution in [0.2, 0.25) is 0 Å². The molecule has 3 aromatic rings. The molecule has 1 aliphatic rings. The number of hydrogen-bond acceptors (Lipinski definition) is 5. The van der Waals surface area contributed by atoms with Crippen molar-refractivity contribution in [1.82, 2.24) is 24.8 Å². The number of hydrogen-bond donors (Lipinski definition) is 0. The number of carbonyl (C=O) groups is 1. The summed E-state index contributed by atoms with van der Waals surface area (Å²) in [5.74, 6) is 0.745. The van der Waals surface area contributed by atoms with Crippen LogP contribution in [-0.2, 0) is 7.05 Å². The van der Waals surface area contributed by atoms with E-state index in [9.17, 15) is 4.79 Å². The summed E-state index contributed by atoms with van der Waals surface area (Å²) >= 11 is 0. The highest BCUT2D eigenvalue weighted by Crippen LogP contribution is 2.33. The Hall–Kier alpha value is -2.96. The lowest BCUT2D eigenvalue weighted by atomic mass is 10.0. The predicted molar refractivity (Wildman–Crippen MR) is 95.4 cm³/mol. The molecule has 0 aromatic carbocycles. The van der Waals surface area contributed by atoms with Crippen LogP contribution < -0.4 is 0 Å². The molecule has 0 saturated carbocycles. The van der Waals surface area contributed by atoms with Gasteiger partial charge in [-0.05, 0) is 38.8 Å². The minimum absolute atomic E-state index is 0.0109. The minimum atomic E-state index is -0.0373. The molecule has 4 heterocycles. The molecule has 26 heavy (non-hydrogen) atoms. The fourth-order valence-electron chi connectivity index (χ4n) is 3.64. The first kappa shape index (κ1) is 16.5. The summed E-state index contributed by atoms with van der Waals surface area (Å²) in [5.41, 5.74) is 4.20. The molecule has 134 valence electrons. The Labute approximate surface area is 151 Å². The summed E-state index contributed by atoms with van der Waals surface area (Å²) in [7, 11) is 1.81. The van der Waals surface area contributed by atoms with E-state index >= 15 is 0 Å². The van der Waals surface area contributed by atoms with Crippen LogP contribution >= 0.6 is 0 Å². The van der Waals surface area contributed by atoms with Crippen molar-refractivity contribution in [2.75, 3.05) is 6.54 Å². The van der Waals surface area contributed by atoms with E-state index in [1.807, 2.05) is 44.1 Å². The zero-order valence-electron chi connectivity index (χ0n) is 15.1. The molecule has 1 amide bonds. The van der Waals surface area contributed by atoms with E-state index < -0.39 is 0 Å². The van der Waals surface area contributed by atoms with Gasteiger partial charge < -0.3 is 9.42 Å². The first-order chi connectivity index (χ1) is 12.5. The summed E-state index contributed by atoms with van der Waals surface area (Å²) in [4.78, 5) is 19.3. The van der Waals surface area contributed by atoms with Crippen LogP contribution in [0.3, 0.4) is 0 Å². The third-order valence-electron chi connectivity index (χ3n) is 4.90. The Kier molecular flexibility index (Phi) is 4.06. The Morgan fingerprint density at radius 2 is 2.12 bits per heavy atom. The van der Waals surface area contributed by atoms with Gasteiger partial charge in [-0.2, -0.15) is 5.10 Å². The van der Waals surface area contributed by atoms with Gasteiger partial charge in [-0.25, -0.2) is 0 Å². The summed E-state index contributed by atoms with van der Waals surface area (Å²) < 4.78 is 6.89. The number of carbonyl (C=O) groups excluding carboxylic acids is 1. The first-order valence-corrected chi connectivity index (χ1v) is 8.74. The zero-order chi connectivity index (χ0) is 18.3. The molecule has 0 spiro atoms. The maximum Gasteiger partial charge on any atom is 0.274 e. The lowest BCUT2D eigenvalue weighted by Gasteiger charge is -2.23. The van der Waals surface area contributed by atoms with E-state index in [2.05, 4.69) is 15.2 Å². The number of nitrogens with zero attached hydrogens (tertiary/aromatic N) is 5. The number of aryl methyl sites for hydroxylation is 3. The number of pyridine rings is 1. The van der Waals surface area contributed by atoms with Crippen LogP contribution in [0, 0.1) is 13.8 Å². The number of likely N-dealkylation sites (tertiary alicyclic amines) is 1. The van der Waals surface area contributed by atoms with Crippen molar-refractivity contribution >= 4 is 5.91 Å². The monoisotopic (exact) mass is 351 g/mol. The fourth-order valence-corrected chi connectivity index (χ4v) is 3.64. The fraction of sp³-hybridized carbons (Fsp3) is 0.368. The SMILES string of the molecule is Cc1noc(C)c1-c1ccc([C@@H]2CCCN2C(=O)c2ccn(C)n2)nc1. The normalized spacial score (nSPS) is 17.0. The van der Waals surface area contributed by atoms with Crippen LogP contribution in [0.1, 0.15) is 46.5 Å². The van der Waals surface area contributed by atoms with Gasteiger partial charge in [0.15, 0.2) is 0 Å². The largest absolute Gasteiger partial charge is 0.361 e. The van der Waals surface area contributed by atoms with E-state index in [1.54, 1.807) is 16.9 Å². The third-order valence-corrected chi connectivity index (χ3v) is 4.90. The second-order valence-corrected chi connectivity index (χ2v) is 6.70. The zero-order valence-corrected chi connectivity index (χ0v) is 15.1. The highest BCUT2D eigenvalue weighted by atomic mass is 16.5. The molecule has 0 bridgehead atoms. The molecule has 0 unspecified atom stereocenters. The van der Waals surface area contributed by atoms with Crippen molar-refractivity contribution in [3.05, 3.63) is 53.4 Å². The topological polar surface area (TPSA) is 77.0 Å². The van der Waals surface area contributed by atoms with Crippen LogP contribution in [0.25, 0.3) is 11.1 Å². The lowest BCUT2D eigenvalue weighted by molar-refractivity contribution is 0.0726. The second kappa shape index (κ2) is 6.40. The molecule has 0 radical (unpaired) electrons. The number of rotatable bonds is 3. The third kappa shape index (κ3) is 2.79. The highest BCUT2D eigenvalue weighted by Gasteiger charge is 2.32. The summed E-state index contributed by atoms with van der Waals surface area (Å²) in [5, 5.41) is 8.24. The van der Waals surface area contributed by atoms with E-state index in [0.717, 1.165) is 47.7 Å². The standard InChI is InChI=1S/C19H21N5O2/c1-12-18(13(2)26-22-12)14-6-7-15(20-11-14)17-5-4-9-24(17)19(25)16-8-10-23(3)21-16/h6-8,10-11,17H,4-5,9H2,1-3H3/t17-/m0/s1. The van der Waals surface area contributed by atoms with Gasteiger partial charge in [-0.1, -0.05) is 11.2 Å². The molecule has 3 aromatic heterocycles. The van der Waals surface area contributed by atoms with Crippen molar-refractivity contribution in [1.29, 1.82) is 0 Å². The van der Waals surface area contributed by atoms with Crippen molar-refractivity contribution in [2.24, 2.45) is 7.05 Å². The molecule has 7 heteroatoms. The summed E-state index contributed by atoms with van der Waals surface area (Å²) in [6.45, 7) is 4.55. The molecule has 1 fully saturated rings. The molecule has 7 nitrogen and oxygen atoms in total. The van der Waals surface area contributed by atoms with Crippen LogP contribution in [0.15, 0.2) is 35.1 Å². The van der Waals surface area contributed by atoms with Crippen molar-refractivity contribution in [3.8, 4) is 11.1 Å². The number of aromatic nitrogens is 4. The second-order valence-electron chi connectivity index (χ2n) is 6.70. The molecule has 1 aliphatic heterocycles. The van der Waals surface area contributed by atoms with Gasteiger partial charge in [0.1, 0.15) is 11.5 Å². The predicted octanol–water partition coefficient (Wildman–Crippen LogP) is 3.06. The van der Waals surface area contributed by atoms with Gasteiger partial charge in [0.05, 0.1) is 17.4 Å². The summed E-state index contributed by atoms with van der Waals surface area (Å²) in [6.07, 6.45) is 5.51. The van der Waals surface area contributed by atoms with E-state index in [1.165, 1.54) is 0 Å². The van der Waals surface area contributed by atoms with E-state index in [-0.39, 0.29) is 11.9 Å². The van der Waals surface area contributed by atoms with Gasteiger partial charge in [-0.3, -0.25) is 14.5 Å². The van der Waals surface area contributed by atoms with E-state index in [4.69, 9.17) is 4.52 Å². The summed E-state index contributed by atoms with van der Waals surface area (Å²) in [6, 6.07) is 5.77. The number of amides is 1. The molecular formula is C19H21N5O2. The molecular weight excluding hydrogens is 330 g/mol. The van der Waals surface area contributed by atoms with Crippen molar-refractivity contribution in [2.45, 2.75) is 32.7 Å². The molecule has 0 N–H and O–H groups in total. The highest BCUT2D eigenvalue weighted by molar-refractivity contribution is 5.92. The maximum absolute atomic E-state index is 12.8. The Bertz CT molecular complexity index is 922. The average molecular weight is 351 g/mol. The molecule has 1 atom stereocenters. The lowest BCUT2D eigenvalue weighted by Crippen LogP contribution is -2.31. The molecule has 0 aliphatic carbocycles. The van der Waals surface area contributed by atoms with Gasteiger partial charge in [-0.15, -0.1) is 0 Å². The van der Waals surface area contributed by atoms with Gasteiger partial charge in [0, 0.05) is 37.1 Å². The Morgan fingerprint density at radius 3 is 2.73 bits per heavy atom.